The zero-order valence-electron chi connectivity index (χ0n) is 16.6. The van der Waals surface area contributed by atoms with Gasteiger partial charge in [-0.25, -0.2) is 0 Å². The molecule has 1 aliphatic heterocycles. The maximum atomic E-state index is 12.8. The highest BCUT2D eigenvalue weighted by atomic mass is 16.2. The van der Waals surface area contributed by atoms with Crippen LogP contribution in [0.4, 0.5) is 0 Å². The number of hydrogen-bond donors (Lipinski definition) is 2. The summed E-state index contributed by atoms with van der Waals surface area (Å²) in [6.07, 6.45) is 2.77. The second-order valence-corrected chi connectivity index (χ2v) is 8.16. The number of amides is 2. The van der Waals surface area contributed by atoms with Gasteiger partial charge in [-0.15, -0.1) is 0 Å². The van der Waals surface area contributed by atoms with Crippen molar-refractivity contribution in [3.05, 3.63) is 36.0 Å². The van der Waals surface area contributed by atoms with E-state index >= 15 is 0 Å². The van der Waals surface area contributed by atoms with Gasteiger partial charge in [0.1, 0.15) is 5.69 Å². The van der Waals surface area contributed by atoms with Gasteiger partial charge < -0.3 is 15.2 Å². The lowest BCUT2D eigenvalue weighted by Crippen LogP contribution is -2.43. The molecular weight excluding hydrogens is 338 g/mol. The van der Waals surface area contributed by atoms with Crippen LogP contribution in [0.25, 0.3) is 10.9 Å². The first-order chi connectivity index (χ1) is 13.0. The first kappa shape index (κ1) is 19.5. The summed E-state index contributed by atoms with van der Waals surface area (Å²) in [5.74, 6) is 1.15. The number of rotatable bonds is 6. The number of piperidine rings is 1. The Labute approximate surface area is 161 Å². The Morgan fingerprint density at radius 3 is 2.56 bits per heavy atom. The number of aromatic nitrogens is 1. The molecular formula is C22H31N3O2. The van der Waals surface area contributed by atoms with Crippen LogP contribution in [0.1, 0.15) is 50.5 Å². The van der Waals surface area contributed by atoms with Crippen LogP contribution in [0.3, 0.4) is 0 Å². The van der Waals surface area contributed by atoms with Crippen molar-refractivity contribution in [3.8, 4) is 0 Å². The average molecular weight is 370 g/mol. The maximum Gasteiger partial charge on any atom is 0.270 e. The molecule has 0 bridgehead atoms. The highest BCUT2D eigenvalue weighted by Crippen LogP contribution is 2.26. The van der Waals surface area contributed by atoms with Gasteiger partial charge in [-0.3, -0.25) is 9.59 Å². The number of para-hydroxylation sites is 1. The third kappa shape index (κ3) is 4.71. The largest absolute Gasteiger partial charge is 0.356 e. The standard InChI is InChI=1S/C22H31N3O2/c1-15(2)8-11-23-21(26)16(3)17-9-12-25(13-10-17)22(27)20-14-18-6-4-5-7-19(18)24-20/h4-7,14-17,24H,8-13H2,1-3H3,(H,23,26)/t16-/m0/s1. The quantitative estimate of drug-likeness (QED) is 0.813. The summed E-state index contributed by atoms with van der Waals surface area (Å²) < 4.78 is 0. The fourth-order valence-corrected chi connectivity index (χ4v) is 3.82. The van der Waals surface area contributed by atoms with Crippen LogP contribution < -0.4 is 5.32 Å². The summed E-state index contributed by atoms with van der Waals surface area (Å²) in [5, 5.41) is 4.12. The van der Waals surface area contributed by atoms with E-state index in [2.05, 4.69) is 24.1 Å². The molecule has 1 aromatic heterocycles. The van der Waals surface area contributed by atoms with Gasteiger partial charge >= 0.3 is 0 Å². The molecule has 3 rings (SSSR count). The zero-order valence-corrected chi connectivity index (χ0v) is 16.6. The van der Waals surface area contributed by atoms with Gasteiger partial charge in [0.25, 0.3) is 5.91 Å². The Morgan fingerprint density at radius 2 is 1.89 bits per heavy atom. The van der Waals surface area contributed by atoms with Gasteiger partial charge in [0.15, 0.2) is 0 Å². The van der Waals surface area contributed by atoms with E-state index in [0.717, 1.165) is 36.7 Å². The summed E-state index contributed by atoms with van der Waals surface area (Å²) in [6, 6.07) is 9.86. The predicted octanol–water partition coefficient (Wildman–Crippen LogP) is 3.82. The Hall–Kier alpha value is -2.30. The van der Waals surface area contributed by atoms with E-state index in [4.69, 9.17) is 0 Å². The lowest BCUT2D eigenvalue weighted by atomic mass is 9.84. The lowest BCUT2D eigenvalue weighted by molar-refractivity contribution is -0.126. The van der Waals surface area contributed by atoms with Crippen molar-refractivity contribution in [2.24, 2.45) is 17.8 Å². The van der Waals surface area contributed by atoms with E-state index in [1.165, 1.54) is 0 Å². The van der Waals surface area contributed by atoms with Crippen LogP contribution in [0.15, 0.2) is 30.3 Å². The minimum absolute atomic E-state index is 0.00231. The Bertz CT molecular complexity index is 755. The summed E-state index contributed by atoms with van der Waals surface area (Å²) in [6.45, 7) is 8.51. The van der Waals surface area contributed by atoms with Gasteiger partial charge in [0.2, 0.25) is 5.91 Å². The molecule has 2 aromatic rings. The Kier molecular flexibility index (Phi) is 6.19. The molecule has 1 aromatic carbocycles. The molecule has 0 spiro atoms. The van der Waals surface area contributed by atoms with Crippen LogP contribution in [0.2, 0.25) is 0 Å². The topological polar surface area (TPSA) is 65.2 Å². The van der Waals surface area contributed by atoms with E-state index < -0.39 is 0 Å². The predicted molar refractivity (Wildman–Crippen MR) is 109 cm³/mol. The van der Waals surface area contributed by atoms with E-state index in [-0.39, 0.29) is 17.7 Å². The molecule has 2 N–H and O–H groups in total. The molecule has 1 aliphatic rings. The molecule has 0 radical (unpaired) electrons. The SMILES string of the molecule is CC(C)CCNC(=O)[C@@H](C)C1CCN(C(=O)c2cc3ccccc3[nH]2)CC1. The van der Waals surface area contributed by atoms with Crippen LogP contribution in [0.5, 0.6) is 0 Å². The molecule has 1 fully saturated rings. The fourth-order valence-electron chi connectivity index (χ4n) is 3.82. The third-order valence-electron chi connectivity index (χ3n) is 5.73. The number of carbonyl (C=O) groups is 2. The van der Waals surface area contributed by atoms with Gasteiger partial charge in [-0.05, 0) is 43.2 Å². The summed E-state index contributed by atoms with van der Waals surface area (Å²) in [7, 11) is 0. The van der Waals surface area contributed by atoms with Crippen LogP contribution in [0, 0.1) is 17.8 Å². The van der Waals surface area contributed by atoms with E-state index in [0.29, 0.717) is 30.6 Å². The number of likely N-dealkylation sites (tertiary alicyclic amines) is 1. The van der Waals surface area contributed by atoms with E-state index in [9.17, 15) is 9.59 Å². The van der Waals surface area contributed by atoms with Crippen molar-refractivity contribution in [3.63, 3.8) is 0 Å². The molecule has 1 atom stereocenters. The number of carbonyl (C=O) groups excluding carboxylic acids is 2. The fraction of sp³-hybridized carbons (Fsp3) is 0.545. The second-order valence-electron chi connectivity index (χ2n) is 8.16. The summed E-state index contributed by atoms with van der Waals surface area (Å²) >= 11 is 0. The lowest BCUT2D eigenvalue weighted by Gasteiger charge is -2.34. The molecule has 0 unspecified atom stereocenters. The maximum absolute atomic E-state index is 12.8. The second kappa shape index (κ2) is 8.59. The van der Waals surface area contributed by atoms with Crippen LogP contribution in [-0.4, -0.2) is 41.3 Å². The smallest absolute Gasteiger partial charge is 0.270 e. The van der Waals surface area contributed by atoms with Crippen molar-refractivity contribution in [2.45, 2.75) is 40.0 Å². The van der Waals surface area contributed by atoms with Gasteiger partial charge in [-0.2, -0.15) is 0 Å². The normalized spacial score (nSPS) is 16.7. The number of hydrogen-bond acceptors (Lipinski definition) is 2. The monoisotopic (exact) mass is 369 g/mol. The van der Waals surface area contributed by atoms with Crippen molar-refractivity contribution in [1.82, 2.24) is 15.2 Å². The molecule has 0 saturated carbocycles. The number of nitrogens with zero attached hydrogens (tertiary/aromatic N) is 1. The van der Waals surface area contributed by atoms with Crippen molar-refractivity contribution >= 4 is 22.7 Å². The van der Waals surface area contributed by atoms with Gasteiger partial charge in [0, 0.05) is 36.5 Å². The van der Waals surface area contributed by atoms with Crippen molar-refractivity contribution in [2.75, 3.05) is 19.6 Å². The minimum atomic E-state index is 0.00231. The molecule has 0 aliphatic carbocycles. The third-order valence-corrected chi connectivity index (χ3v) is 5.73. The Balaban J connectivity index is 1.52. The number of aromatic amines is 1. The first-order valence-corrected chi connectivity index (χ1v) is 10.1. The molecule has 27 heavy (non-hydrogen) atoms. The minimum Gasteiger partial charge on any atom is -0.356 e. The molecule has 2 amide bonds. The first-order valence-electron chi connectivity index (χ1n) is 10.1. The van der Waals surface area contributed by atoms with E-state index in [1.807, 2.05) is 42.2 Å². The van der Waals surface area contributed by atoms with Gasteiger partial charge in [-0.1, -0.05) is 39.0 Å². The number of fused-ring (bicyclic) bond motifs is 1. The van der Waals surface area contributed by atoms with Crippen molar-refractivity contribution in [1.29, 1.82) is 0 Å². The number of nitrogens with one attached hydrogen (secondary N) is 2. The summed E-state index contributed by atoms with van der Waals surface area (Å²) in [5.41, 5.74) is 1.64. The molecule has 5 nitrogen and oxygen atoms in total. The molecule has 146 valence electrons. The molecule has 1 saturated heterocycles. The van der Waals surface area contributed by atoms with Crippen LogP contribution >= 0.6 is 0 Å². The van der Waals surface area contributed by atoms with Crippen LogP contribution in [-0.2, 0) is 4.79 Å². The van der Waals surface area contributed by atoms with Crippen molar-refractivity contribution < 1.29 is 9.59 Å². The zero-order chi connectivity index (χ0) is 19.4. The summed E-state index contributed by atoms with van der Waals surface area (Å²) in [4.78, 5) is 30.3. The van der Waals surface area contributed by atoms with E-state index in [1.54, 1.807) is 0 Å². The highest BCUT2D eigenvalue weighted by molar-refractivity contribution is 5.98. The average Bonchev–Trinajstić information content (AvgIpc) is 3.10. The van der Waals surface area contributed by atoms with Gasteiger partial charge in [0.05, 0.1) is 0 Å². The number of benzene rings is 1. The Morgan fingerprint density at radius 1 is 1.19 bits per heavy atom. The number of H-pyrrole nitrogens is 1. The molecule has 5 heteroatoms. The highest BCUT2D eigenvalue weighted by Gasteiger charge is 2.30. The molecule has 2 heterocycles.